The molecule has 0 atom stereocenters. The Hall–Kier alpha value is -1.36. The molecule has 0 saturated heterocycles. The molecule has 1 heterocycles. The molecule has 1 aromatic rings. The van der Waals surface area contributed by atoms with E-state index in [0.29, 0.717) is 4.88 Å². The largest absolute Gasteiger partial charge is 0.791 e. The van der Waals surface area contributed by atoms with E-state index in [1.54, 1.807) is 6.07 Å². The molecule has 0 aliphatic rings. The van der Waals surface area contributed by atoms with E-state index in [2.05, 4.69) is 5.16 Å². The van der Waals surface area contributed by atoms with E-state index in [1.807, 2.05) is 13.0 Å². The van der Waals surface area contributed by atoms with Crippen molar-refractivity contribution in [3.63, 3.8) is 0 Å². The summed E-state index contributed by atoms with van der Waals surface area (Å²) >= 11 is 1.31. The highest BCUT2D eigenvalue weighted by molar-refractivity contribution is 7.14. The van der Waals surface area contributed by atoms with E-state index in [9.17, 15) is 10.0 Å². The number of aliphatic carboxylic acids is 1. The minimum Gasteiger partial charge on any atom is -0.791 e. The van der Waals surface area contributed by atoms with Crippen LogP contribution < -0.4 is 0 Å². The highest BCUT2D eigenvalue weighted by Crippen LogP contribution is 2.19. The number of aryl methyl sites for hydroxylation is 1. The highest BCUT2D eigenvalue weighted by atomic mass is 32.1. The van der Waals surface area contributed by atoms with Gasteiger partial charge >= 0.3 is 5.97 Å². The summed E-state index contributed by atoms with van der Waals surface area (Å²) in [6.45, 7) is 2.04. The van der Waals surface area contributed by atoms with Crippen molar-refractivity contribution in [1.29, 1.82) is 0 Å². The maximum Gasteiger partial charge on any atom is 0.355 e. The normalized spacial score (nSPS) is 11.6. The van der Waals surface area contributed by atoms with Crippen LogP contribution in [0.5, 0.6) is 0 Å². The molecule has 0 radical (unpaired) electrons. The monoisotopic (exact) mass is 212 g/mol. The SMILES string of the molecule is CCCc1ccc(/C(=N\[O-])C(=O)O)s1. The molecule has 0 unspecified atom stereocenters. The molecule has 1 N–H and O–H groups in total. The van der Waals surface area contributed by atoms with Crippen molar-refractivity contribution in [2.24, 2.45) is 5.16 Å². The first-order valence-corrected chi connectivity index (χ1v) is 5.03. The van der Waals surface area contributed by atoms with Crippen molar-refractivity contribution in [3.05, 3.63) is 27.1 Å². The number of carbonyl (C=O) groups is 1. The van der Waals surface area contributed by atoms with E-state index < -0.39 is 11.7 Å². The minimum atomic E-state index is -1.27. The Morgan fingerprint density at radius 2 is 2.36 bits per heavy atom. The molecular weight excluding hydrogens is 202 g/mol. The van der Waals surface area contributed by atoms with Gasteiger partial charge in [-0.2, -0.15) is 0 Å². The Balaban J connectivity index is 2.90. The minimum absolute atomic E-state index is 0.405. The van der Waals surface area contributed by atoms with Gasteiger partial charge in [-0.05, 0) is 18.6 Å². The van der Waals surface area contributed by atoms with Crippen LogP contribution in [0.1, 0.15) is 23.1 Å². The van der Waals surface area contributed by atoms with Crippen molar-refractivity contribution in [2.75, 3.05) is 0 Å². The van der Waals surface area contributed by atoms with Crippen LogP contribution in [0.2, 0.25) is 0 Å². The van der Waals surface area contributed by atoms with Crippen molar-refractivity contribution in [2.45, 2.75) is 19.8 Å². The highest BCUT2D eigenvalue weighted by Gasteiger charge is 2.12. The van der Waals surface area contributed by atoms with Gasteiger partial charge in [-0.3, -0.25) is 0 Å². The fourth-order valence-electron chi connectivity index (χ4n) is 1.08. The van der Waals surface area contributed by atoms with Gasteiger partial charge < -0.3 is 15.5 Å². The predicted molar refractivity (Wildman–Crippen MR) is 55.9 cm³/mol. The number of carboxylic acids is 1. The van der Waals surface area contributed by atoms with E-state index in [4.69, 9.17) is 5.11 Å². The molecule has 0 aliphatic carbocycles. The molecule has 0 bridgehead atoms. The molecule has 14 heavy (non-hydrogen) atoms. The summed E-state index contributed by atoms with van der Waals surface area (Å²) in [7, 11) is 0. The van der Waals surface area contributed by atoms with Crippen LogP contribution >= 0.6 is 11.3 Å². The maximum atomic E-state index is 10.6. The van der Waals surface area contributed by atoms with Gasteiger partial charge in [0.15, 0.2) is 5.71 Å². The average Bonchev–Trinajstić information content (AvgIpc) is 2.54. The van der Waals surface area contributed by atoms with E-state index in [1.165, 1.54) is 11.3 Å². The predicted octanol–water partition coefficient (Wildman–Crippen LogP) is 2.07. The Labute approximate surface area is 85.5 Å². The van der Waals surface area contributed by atoms with Crippen LogP contribution in [0.15, 0.2) is 17.3 Å². The second kappa shape index (κ2) is 4.76. The molecule has 0 amide bonds. The number of carboxylic acid groups (broad SMARTS) is 1. The van der Waals surface area contributed by atoms with Gasteiger partial charge in [0.25, 0.3) is 0 Å². The average molecular weight is 212 g/mol. The number of hydrogen-bond donors (Lipinski definition) is 1. The van der Waals surface area contributed by atoms with Gasteiger partial charge in [0.2, 0.25) is 0 Å². The number of hydrogen-bond acceptors (Lipinski definition) is 4. The first-order chi connectivity index (χ1) is 6.69. The lowest BCUT2D eigenvalue weighted by atomic mass is 10.2. The van der Waals surface area contributed by atoms with Crippen molar-refractivity contribution >= 4 is 23.0 Å². The second-order valence-corrected chi connectivity index (χ2v) is 3.93. The fraction of sp³-hybridized carbons (Fsp3) is 0.333. The van der Waals surface area contributed by atoms with Crippen molar-refractivity contribution in [3.8, 4) is 0 Å². The molecule has 0 saturated carbocycles. The lowest BCUT2D eigenvalue weighted by Gasteiger charge is -1.99. The van der Waals surface area contributed by atoms with Crippen LogP contribution in [0.4, 0.5) is 0 Å². The summed E-state index contributed by atoms with van der Waals surface area (Å²) in [5, 5.41) is 21.4. The molecule has 5 heteroatoms. The molecule has 76 valence electrons. The third kappa shape index (κ3) is 2.32. The van der Waals surface area contributed by atoms with E-state index in [0.717, 1.165) is 17.7 Å². The number of nitrogens with zero attached hydrogens (tertiary/aromatic N) is 1. The Bertz CT molecular complexity index is 357. The standard InChI is InChI=1S/C9H11NO3S/c1-2-3-6-4-5-7(14-6)8(10-13)9(11)12/h4-5,13H,2-3H2,1H3,(H,11,12)/p-1/b10-8+. The zero-order chi connectivity index (χ0) is 10.6. The fourth-order valence-corrected chi connectivity index (χ4v) is 2.16. The van der Waals surface area contributed by atoms with Gasteiger partial charge in [0, 0.05) is 4.88 Å². The van der Waals surface area contributed by atoms with Crippen molar-refractivity contribution in [1.82, 2.24) is 0 Å². The van der Waals surface area contributed by atoms with Gasteiger partial charge in [-0.1, -0.05) is 13.3 Å². The first kappa shape index (κ1) is 10.7. The van der Waals surface area contributed by atoms with E-state index >= 15 is 0 Å². The Morgan fingerprint density at radius 3 is 2.86 bits per heavy atom. The van der Waals surface area contributed by atoms with Gasteiger partial charge in [-0.15, -0.1) is 11.3 Å². The zero-order valence-electron chi connectivity index (χ0n) is 7.69. The second-order valence-electron chi connectivity index (χ2n) is 2.76. The van der Waals surface area contributed by atoms with Crippen LogP contribution in [0.3, 0.4) is 0 Å². The zero-order valence-corrected chi connectivity index (χ0v) is 8.50. The molecular formula is C9H10NO3S-. The third-order valence-corrected chi connectivity index (χ3v) is 2.84. The molecule has 0 aliphatic heterocycles. The van der Waals surface area contributed by atoms with Gasteiger partial charge in [-0.25, -0.2) is 4.79 Å². The van der Waals surface area contributed by atoms with Gasteiger partial charge in [0.05, 0.1) is 4.88 Å². The summed E-state index contributed by atoms with van der Waals surface area (Å²) in [5.74, 6) is -1.27. The lowest BCUT2D eigenvalue weighted by Crippen LogP contribution is -2.12. The smallest absolute Gasteiger partial charge is 0.355 e. The molecule has 0 fully saturated rings. The maximum absolute atomic E-state index is 10.6. The molecule has 1 aromatic heterocycles. The van der Waals surface area contributed by atoms with Crippen LogP contribution in [-0.2, 0) is 11.2 Å². The number of thiophene rings is 1. The molecule has 4 nitrogen and oxygen atoms in total. The molecule has 1 rings (SSSR count). The topological polar surface area (TPSA) is 72.7 Å². The van der Waals surface area contributed by atoms with Crippen LogP contribution in [-0.4, -0.2) is 16.8 Å². The Kier molecular flexibility index (Phi) is 3.64. The third-order valence-electron chi connectivity index (χ3n) is 1.69. The van der Waals surface area contributed by atoms with E-state index in [-0.39, 0.29) is 0 Å². The quantitative estimate of drug-likeness (QED) is 0.613. The summed E-state index contributed by atoms with van der Waals surface area (Å²) in [6.07, 6.45) is 1.90. The first-order valence-electron chi connectivity index (χ1n) is 4.21. The lowest BCUT2D eigenvalue weighted by molar-refractivity contribution is -0.129. The van der Waals surface area contributed by atoms with Gasteiger partial charge in [0.1, 0.15) is 0 Å². The van der Waals surface area contributed by atoms with Crippen LogP contribution in [0.25, 0.3) is 0 Å². The Morgan fingerprint density at radius 1 is 1.64 bits per heavy atom. The summed E-state index contributed by atoms with van der Waals surface area (Å²) in [4.78, 5) is 12.1. The van der Waals surface area contributed by atoms with Crippen molar-refractivity contribution < 1.29 is 9.90 Å². The molecule has 0 aromatic carbocycles. The number of rotatable bonds is 4. The summed E-state index contributed by atoms with van der Waals surface area (Å²) in [5.41, 5.74) is -0.405. The van der Waals surface area contributed by atoms with Crippen LogP contribution in [0, 0.1) is 5.21 Å². The molecule has 0 spiro atoms. The summed E-state index contributed by atoms with van der Waals surface area (Å²) < 4.78 is 0. The summed E-state index contributed by atoms with van der Waals surface area (Å²) in [6, 6.07) is 3.46.